The number of alkyl halides is 16. The zero-order valence-electron chi connectivity index (χ0n) is 17.8. The molecule has 0 aliphatic carbocycles. The highest BCUT2D eigenvalue weighted by atomic mass is 19.4. The fourth-order valence-corrected chi connectivity index (χ4v) is 2.94. The molecule has 0 fully saturated rings. The van der Waals surface area contributed by atoms with Gasteiger partial charge in [0.15, 0.2) is 5.60 Å². The van der Waals surface area contributed by atoms with Crippen LogP contribution in [0.25, 0.3) is 0 Å². The molecule has 210 valence electrons. The summed E-state index contributed by atoms with van der Waals surface area (Å²) in [5, 5.41) is 9.96. The van der Waals surface area contributed by atoms with Gasteiger partial charge in [0, 0.05) is 0 Å². The van der Waals surface area contributed by atoms with Crippen LogP contribution >= 0.6 is 0 Å². The quantitative estimate of drug-likeness (QED) is 0.301. The van der Waals surface area contributed by atoms with Gasteiger partial charge in [-0.3, -0.25) is 0 Å². The van der Waals surface area contributed by atoms with Gasteiger partial charge in [-0.2, -0.15) is 70.2 Å². The van der Waals surface area contributed by atoms with Gasteiger partial charge in [-0.1, -0.05) is 38.1 Å². The van der Waals surface area contributed by atoms with Crippen molar-refractivity contribution in [3.8, 4) is 0 Å². The van der Waals surface area contributed by atoms with Crippen molar-refractivity contribution < 1.29 is 75.4 Å². The summed E-state index contributed by atoms with van der Waals surface area (Å²) in [4.78, 5) is 0. The van der Waals surface area contributed by atoms with Crippen LogP contribution in [-0.4, -0.2) is 47.1 Å². The number of hydrogen-bond donors (Lipinski definition) is 1. The molecule has 36 heavy (non-hydrogen) atoms. The predicted molar refractivity (Wildman–Crippen MR) is 90.5 cm³/mol. The maximum absolute atomic E-state index is 14.2. The second-order valence-corrected chi connectivity index (χ2v) is 7.97. The summed E-state index contributed by atoms with van der Waals surface area (Å²) in [6, 6.07) is 2.45. The Kier molecular flexibility index (Phi) is 8.12. The minimum Gasteiger partial charge on any atom is -0.376 e. The van der Waals surface area contributed by atoms with Gasteiger partial charge in [0.2, 0.25) is 0 Å². The Morgan fingerprint density at radius 1 is 0.667 bits per heavy atom. The van der Waals surface area contributed by atoms with Crippen molar-refractivity contribution in [2.45, 2.75) is 80.2 Å². The Hall–Kier alpha value is -1.94. The van der Waals surface area contributed by atoms with Crippen LogP contribution in [0.15, 0.2) is 24.3 Å². The monoisotopic (exact) mass is 564 g/mol. The highest BCUT2D eigenvalue weighted by Gasteiger charge is 2.91. The zero-order chi connectivity index (χ0) is 29.0. The van der Waals surface area contributed by atoms with Gasteiger partial charge in [-0.25, -0.2) is 0 Å². The molecule has 2 unspecified atom stereocenters. The molecule has 17 heteroatoms. The molecule has 0 aliphatic rings. The lowest BCUT2D eigenvalue weighted by Crippen LogP contribution is -2.70. The van der Waals surface area contributed by atoms with Gasteiger partial charge >= 0.3 is 42.0 Å². The SMILES string of the molecule is CCC(C)c1cccc(C(O)(CC(F)(F)C(F)(F)C(F)(F)C(F)(F)C(F)(F)C(F)(F)F)C(F)(F)F)c1. The molecule has 0 radical (unpaired) electrons. The van der Waals surface area contributed by atoms with E-state index in [9.17, 15) is 75.4 Å². The Morgan fingerprint density at radius 3 is 1.50 bits per heavy atom. The van der Waals surface area contributed by atoms with Crippen LogP contribution in [0.3, 0.4) is 0 Å². The normalized spacial score (nSPS) is 17.6. The number of benzene rings is 1. The molecule has 0 saturated heterocycles. The summed E-state index contributed by atoms with van der Waals surface area (Å²) in [7, 11) is 0. The van der Waals surface area contributed by atoms with Crippen molar-refractivity contribution in [2.24, 2.45) is 0 Å². The first-order valence-corrected chi connectivity index (χ1v) is 9.51. The molecule has 1 aromatic carbocycles. The first kappa shape index (κ1) is 32.1. The lowest BCUT2D eigenvalue weighted by atomic mass is 9.81. The number of hydrogen-bond acceptors (Lipinski definition) is 1. The first-order valence-electron chi connectivity index (χ1n) is 9.51. The molecule has 1 aromatic rings. The van der Waals surface area contributed by atoms with Crippen molar-refractivity contribution >= 4 is 0 Å². The Balaban J connectivity index is 3.72. The minimum atomic E-state index is -8.27. The number of aliphatic hydroxyl groups is 1. The lowest BCUT2D eigenvalue weighted by Gasteiger charge is -2.42. The third kappa shape index (κ3) is 4.83. The third-order valence-electron chi connectivity index (χ3n) is 5.49. The van der Waals surface area contributed by atoms with E-state index in [0.29, 0.717) is 6.07 Å². The lowest BCUT2D eigenvalue weighted by molar-refractivity contribution is -0.443. The standard InChI is InChI=1S/C19H16F16O/c1-3-9(2)10-5-4-6-11(7-10)12(36,18(30,31)32)8-13(20,21)14(22,23)15(24,25)16(26,27)17(28,29)19(33,34)35/h4-7,9,36H,3,8H2,1-2H3. The van der Waals surface area contributed by atoms with Crippen LogP contribution in [0.5, 0.6) is 0 Å². The number of rotatable bonds is 9. The molecule has 0 amide bonds. The Bertz CT molecular complexity index is 917. The highest BCUT2D eigenvalue weighted by Crippen LogP contribution is 2.62. The van der Waals surface area contributed by atoms with Crippen molar-refractivity contribution in [3.05, 3.63) is 35.4 Å². The summed E-state index contributed by atoms with van der Waals surface area (Å²) in [6.45, 7) is 2.89. The molecule has 0 bridgehead atoms. The fourth-order valence-electron chi connectivity index (χ4n) is 2.94. The maximum Gasteiger partial charge on any atom is 0.460 e. The van der Waals surface area contributed by atoms with E-state index < -0.39 is 65.5 Å². The molecule has 1 N–H and O–H groups in total. The molecule has 1 rings (SSSR count). The van der Waals surface area contributed by atoms with E-state index >= 15 is 0 Å². The zero-order valence-corrected chi connectivity index (χ0v) is 17.8. The smallest absolute Gasteiger partial charge is 0.376 e. The summed E-state index contributed by atoms with van der Waals surface area (Å²) < 4.78 is 213. The van der Waals surface area contributed by atoms with Crippen molar-refractivity contribution in [2.75, 3.05) is 0 Å². The van der Waals surface area contributed by atoms with Crippen molar-refractivity contribution in [3.63, 3.8) is 0 Å². The average Bonchev–Trinajstić information content (AvgIpc) is 2.70. The molecule has 0 spiro atoms. The molecule has 0 saturated carbocycles. The van der Waals surface area contributed by atoms with Gasteiger partial charge in [0.1, 0.15) is 0 Å². The molecular formula is C19H16F16O. The van der Waals surface area contributed by atoms with Crippen LogP contribution in [-0.2, 0) is 5.60 Å². The summed E-state index contributed by atoms with van der Waals surface area (Å²) in [6.07, 6.45) is -17.7. The fraction of sp³-hybridized carbons (Fsp3) is 0.684. The van der Waals surface area contributed by atoms with E-state index in [2.05, 4.69) is 0 Å². The molecule has 0 aromatic heterocycles. The molecule has 1 nitrogen and oxygen atoms in total. The third-order valence-corrected chi connectivity index (χ3v) is 5.49. The van der Waals surface area contributed by atoms with Crippen LogP contribution in [0.2, 0.25) is 0 Å². The van der Waals surface area contributed by atoms with E-state index in [4.69, 9.17) is 0 Å². The molecule has 0 aliphatic heterocycles. The van der Waals surface area contributed by atoms with Crippen LogP contribution < -0.4 is 0 Å². The van der Waals surface area contributed by atoms with Gasteiger partial charge < -0.3 is 5.11 Å². The van der Waals surface area contributed by atoms with Crippen molar-refractivity contribution in [1.29, 1.82) is 0 Å². The van der Waals surface area contributed by atoms with Crippen molar-refractivity contribution in [1.82, 2.24) is 0 Å². The van der Waals surface area contributed by atoms with Crippen LogP contribution in [0.1, 0.15) is 43.7 Å². The number of halogens is 16. The van der Waals surface area contributed by atoms with E-state index in [1.54, 1.807) is 0 Å². The van der Waals surface area contributed by atoms with Gasteiger partial charge in [0.25, 0.3) is 0 Å². The largest absolute Gasteiger partial charge is 0.460 e. The minimum absolute atomic E-state index is 0.102. The van der Waals surface area contributed by atoms with E-state index in [-0.39, 0.29) is 18.1 Å². The first-order chi connectivity index (χ1) is 15.7. The maximum atomic E-state index is 14.2. The topological polar surface area (TPSA) is 20.2 Å². The molecular weight excluding hydrogens is 548 g/mol. The second-order valence-electron chi connectivity index (χ2n) is 7.97. The van der Waals surface area contributed by atoms with E-state index in [0.717, 1.165) is 12.1 Å². The summed E-state index contributed by atoms with van der Waals surface area (Å²) >= 11 is 0. The Labute approximate surface area is 192 Å². The molecule has 0 heterocycles. The van der Waals surface area contributed by atoms with E-state index in [1.807, 2.05) is 0 Å². The molecule has 2 atom stereocenters. The summed E-state index contributed by atoms with van der Waals surface area (Å²) in [5.41, 5.74) is -6.91. The predicted octanol–water partition coefficient (Wildman–Crippen LogP) is 8.08. The highest BCUT2D eigenvalue weighted by molar-refractivity contribution is 5.32. The average molecular weight is 564 g/mol. The van der Waals surface area contributed by atoms with Crippen LogP contribution in [0.4, 0.5) is 70.2 Å². The Morgan fingerprint density at radius 2 is 1.11 bits per heavy atom. The van der Waals surface area contributed by atoms with E-state index in [1.165, 1.54) is 13.8 Å². The summed E-state index contributed by atoms with van der Waals surface area (Å²) in [5.74, 6) is -40.3. The van der Waals surface area contributed by atoms with Gasteiger partial charge in [-0.15, -0.1) is 0 Å². The second kappa shape index (κ2) is 9.11. The van der Waals surface area contributed by atoms with Crippen LogP contribution in [0, 0.1) is 0 Å². The van der Waals surface area contributed by atoms with Gasteiger partial charge in [0.05, 0.1) is 6.42 Å². The van der Waals surface area contributed by atoms with Gasteiger partial charge in [-0.05, 0) is 23.5 Å².